The number of amides is 1. The van der Waals surface area contributed by atoms with Crippen LogP contribution < -0.4 is 24.6 Å². The summed E-state index contributed by atoms with van der Waals surface area (Å²) in [5.41, 5.74) is 6.32. The van der Waals surface area contributed by atoms with E-state index in [9.17, 15) is 38.6 Å². The molecule has 4 aliphatic rings. The Morgan fingerprint density at radius 3 is 2.52 bits per heavy atom. The number of nitro benzene ring substituents is 1. The summed E-state index contributed by atoms with van der Waals surface area (Å²) < 4.78 is 36.4. The molecule has 3 aromatic carbocycles. The number of ether oxygens (including phenoxy) is 1. The summed E-state index contributed by atoms with van der Waals surface area (Å²) in [6.45, 7) is 9.40. The Bertz CT molecular complexity index is 2890. The number of halogens is 1. The number of nitrogens with zero attached hydrogens (tertiary/aromatic N) is 5. The van der Waals surface area contributed by atoms with Crippen LogP contribution in [-0.4, -0.2) is 137 Å². The van der Waals surface area contributed by atoms with Crippen molar-refractivity contribution in [1.29, 1.82) is 0 Å². The second kappa shape index (κ2) is 19.8. The van der Waals surface area contributed by atoms with Crippen molar-refractivity contribution < 1.29 is 38.2 Å². The molecule has 17 nitrogen and oxygen atoms in total. The lowest BCUT2D eigenvalue weighted by atomic mass is 9.72. The first-order chi connectivity index (χ1) is 32.9. The number of allylic oxidation sites excluding steroid dienone is 1. The minimum atomic E-state index is -4.68. The number of carbonyl (C=O) groups excluding carboxylic acids is 1. The molecule has 69 heavy (non-hydrogen) atoms. The number of sulfonamides is 1. The van der Waals surface area contributed by atoms with Crippen LogP contribution in [0.4, 0.5) is 28.4 Å². The molecule has 5 atom stereocenters. The molecule has 5 heterocycles. The van der Waals surface area contributed by atoms with Crippen LogP contribution in [-0.2, 0) is 10.0 Å². The summed E-state index contributed by atoms with van der Waals surface area (Å²) in [5, 5.41) is 47.3. The van der Waals surface area contributed by atoms with Crippen molar-refractivity contribution in [3.05, 3.63) is 111 Å². The van der Waals surface area contributed by atoms with Gasteiger partial charge in [-0.2, -0.15) is 4.98 Å². The first-order valence-corrected chi connectivity index (χ1v) is 27.2. The number of fused-ring (bicyclic) bond motifs is 2. The highest BCUT2D eigenvalue weighted by molar-refractivity contribution is 8.17. The van der Waals surface area contributed by atoms with Gasteiger partial charge in [-0.05, 0) is 103 Å². The van der Waals surface area contributed by atoms with Crippen molar-refractivity contribution in [1.82, 2.24) is 19.6 Å². The van der Waals surface area contributed by atoms with E-state index in [1.807, 2.05) is 47.6 Å². The number of benzene rings is 3. The molecule has 2 aromatic heterocycles. The molecule has 368 valence electrons. The van der Waals surface area contributed by atoms with Gasteiger partial charge in [0.05, 0.1) is 39.9 Å². The third-order valence-electron chi connectivity index (χ3n) is 14.0. The number of nitrogens with one attached hydrogen (secondary N) is 3. The van der Waals surface area contributed by atoms with Gasteiger partial charge in [-0.15, -0.1) is 0 Å². The van der Waals surface area contributed by atoms with Gasteiger partial charge in [0.1, 0.15) is 23.1 Å². The molecule has 2 saturated heterocycles. The molecule has 0 bridgehead atoms. The molecular weight excluding hydrogens is 944 g/mol. The van der Waals surface area contributed by atoms with E-state index in [4.69, 9.17) is 21.3 Å². The fourth-order valence-corrected chi connectivity index (χ4v) is 13.3. The van der Waals surface area contributed by atoms with Crippen molar-refractivity contribution in [3.63, 3.8) is 0 Å². The number of aliphatic hydroxyl groups excluding tert-OH is 3. The molecule has 3 aliphatic heterocycles. The van der Waals surface area contributed by atoms with Crippen LogP contribution in [0.1, 0.15) is 55.5 Å². The smallest absolute Gasteiger partial charge is 0.293 e. The Kier molecular flexibility index (Phi) is 13.9. The number of aromatic nitrogens is 2. The van der Waals surface area contributed by atoms with Crippen molar-refractivity contribution in [2.24, 2.45) is 5.41 Å². The molecule has 1 amide bonds. The lowest BCUT2D eigenvalue weighted by Gasteiger charge is -2.42. The number of pyridine rings is 1. The van der Waals surface area contributed by atoms with E-state index in [0.29, 0.717) is 42.5 Å². The second-order valence-corrected chi connectivity index (χ2v) is 23.9. The number of aliphatic hydroxyl groups is 3. The van der Waals surface area contributed by atoms with Gasteiger partial charge in [0.2, 0.25) is 5.88 Å². The molecule has 9 rings (SSSR count). The van der Waals surface area contributed by atoms with Gasteiger partial charge >= 0.3 is 0 Å². The van der Waals surface area contributed by atoms with E-state index >= 15 is 0 Å². The van der Waals surface area contributed by atoms with Crippen molar-refractivity contribution in [3.8, 4) is 5.88 Å². The summed E-state index contributed by atoms with van der Waals surface area (Å²) in [6, 6.07) is 20.6. The van der Waals surface area contributed by atoms with Crippen molar-refractivity contribution >= 4 is 83.5 Å². The quantitative estimate of drug-likeness (QED) is 0.0405. The molecular formula is C49H59ClN8O9S2. The number of H-pyrrole nitrogens is 1. The monoisotopic (exact) mass is 1000 g/mol. The van der Waals surface area contributed by atoms with E-state index in [0.717, 1.165) is 74.1 Å². The topological polar surface area (TPSA) is 227 Å². The van der Waals surface area contributed by atoms with E-state index in [1.165, 1.54) is 28.8 Å². The minimum absolute atomic E-state index is 0.00908. The third-order valence-corrected chi connectivity index (χ3v) is 18.1. The number of hydrogen-bond donors (Lipinski definition) is 7. The Labute approximate surface area is 409 Å². The van der Waals surface area contributed by atoms with Gasteiger partial charge in [0.25, 0.3) is 21.6 Å². The first kappa shape index (κ1) is 48.6. The highest BCUT2D eigenvalue weighted by Gasteiger charge is 2.40. The summed E-state index contributed by atoms with van der Waals surface area (Å²) in [6.07, 6.45) is 3.68. The summed E-state index contributed by atoms with van der Waals surface area (Å²) in [4.78, 5) is 40.1. The highest BCUT2D eigenvalue weighted by atomic mass is 35.5. The molecule has 2 fully saturated rings. The Morgan fingerprint density at radius 2 is 1.77 bits per heavy atom. The molecule has 5 unspecified atom stereocenters. The van der Waals surface area contributed by atoms with E-state index < -0.39 is 65.9 Å². The molecule has 0 spiro atoms. The zero-order valence-electron chi connectivity index (χ0n) is 38.8. The number of carbonyl (C=O) groups is 1. The van der Waals surface area contributed by atoms with Crippen LogP contribution in [0.15, 0.2) is 89.5 Å². The number of nitro groups is 1. The standard InChI is InChI=1S/C49H59ClN8O9S2/c1-49(2)15-13-32(37(26-49)30-5-7-33(50)8-6-30)28-55-18-20-56(21-19-55)34-9-11-36(39(24-34)57-17-4-22-67-48-41(57)23-31-14-16-51-46(31)53-48)47(62)54-69(65,66)35-10-12-38(40(25-35)58(63)64)52-27-43-45(61)44(60)42(59)29-68(43)3/h5-12,14,16,23-25,42-45,52,59-61,68H,4,13,15,17-22,26-29H2,1-3H3,(H,51,53)(H,54,62). The molecule has 1 aliphatic carbocycles. The number of anilines is 4. The predicted molar refractivity (Wildman–Crippen MR) is 272 cm³/mol. The molecule has 6 N–H and O–H groups in total. The summed E-state index contributed by atoms with van der Waals surface area (Å²) >= 11 is 6.27. The van der Waals surface area contributed by atoms with Gasteiger partial charge < -0.3 is 40.2 Å². The van der Waals surface area contributed by atoms with E-state index in [2.05, 4.69) is 50.8 Å². The number of aromatic amines is 1. The normalized spacial score (nSPS) is 23.8. The Hall–Kier alpha value is -5.41. The van der Waals surface area contributed by atoms with Crippen LogP contribution in [0.5, 0.6) is 5.88 Å². The van der Waals surface area contributed by atoms with Crippen LogP contribution in [0, 0.1) is 15.5 Å². The van der Waals surface area contributed by atoms with Gasteiger partial charge in [0.15, 0.2) is 0 Å². The number of hydrogen-bond acceptors (Lipinski definition) is 14. The molecule has 5 aromatic rings. The SMILES string of the molecule is C[SH]1CC(O)C(O)C(O)C1CNc1ccc(S(=O)(=O)NC(=O)c2ccc(N3CCN(CC4=C(c5ccc(Cl)cc5)CC(C)(C)CC4)CC3)cc2N2CCCOc3nc4[nH]ccc4cc32)cc1[N+](=O)[O-]. The average Bonchev–Trinajstić information content (AvgIpc) is 3.68. The predicted octanol–water partition coefficient (Wildman–Crippen LogP) is 6.46. The second-order valence-electron chi connectivity index (χ2n) is 19.3. The molecule has 0 saturated carbocycles. The van der Waals surface area contributed by atoms with Gasteiger partial charge in [-0.1, -0.05) is 43.2 Å². The lowest BCUT2D eigenvalue weighted by Crippen LogP contribution is -2.52. The van der Waals surface area contributed by atoms with Crippen LogP contribution in [0.2, 0.25) is 5.02 Å². The van der Waals surface area contributed by atoms with Crippen molar-refractivity contribution in [2.75, 3.05) is 79.5 Å². The van der Waals surface area contributed by atoms with Crippen LogP contribution in [0.3, 0.4) is 0 Å². The zero-order chi connectivity index (χ0) is 48.8. The number of piperazine rings is 1. The average molecular weight is 1000 g/mol. The Morgan fingerprint density at radius 1 is 1.00 bits per heavy atom. The largest absolute Gasteiger partial charge is 0.476 e. The van der Waals surface area contributed by atoms with Gasteiger partial charge in [0, 0.05) is 85.2 Å². The fourth-order valence-electron chi connectivity index (χ4n) is 10.0. The summed E-state index contributed by atoms with van der Waals surface area (Å²) in [7, 11) is -5.63. The molecule has 20 heteroatoms. The van der Waals surface area contributed by atoms with Gasteiger partial charge in [-0.25, -0.2) is 24.0 Å². The maximum atomic E-state index is 14.4. The first-order valence-electron chi connectivity index (χ1n) is 23.3. The van der Waals surface area contributed by atoms with E-state index in [1.54, 1.807) is 12.3 Å². The minimum Gasteiger partial charge on any atom is -0.476 e. The van der Waals surface area contributed by atoms with Crippen molar-refractivity contribution in [2.45, 2.75) is 68.0 Å². The van der Waals surface area contributed by atoms with Crippen LogP contribution in [0.25, 0.3) is 16.6 Å². The summed E-state index contributed by atoms with van der Waals surface area (Å²) in [5.74, 6) is -0.281. The van der Waals surface area contributed by atoms with Gasteiger partial charge in [-0.3, -0.25) is 19.8 Å². The molecule has 0 radical (unpaired) electrons. The fraction of sp³-hybridized carbons (Fsp3) is 0.429. The zero-order valence-corrected chi connectivity index (χ0v) is 41.2. The van der Waals surface area contributed by atoms with E-state index in [-0.39, 0.29) is 29.0 Å². The van der Waals surface area contributed by atoms with Crippen LogP contribution >= 0.6 is 22.5 Å². The maximum absolute atomic E-state index is 14.4. The highest BCUT2D eigenvalue weighted by Crippen LogP contribution is 2.45. The number of rotatable bonds is 12. The maximum Gasteiger partial charge on any atom is 0.293 e. The third kappa shape index (κ3) is 10.4. The Balaban J connectivity index is 0.979. The lowest BCUT2D eigenvalue weighted by molar-refractivity contribution is -0.384. The number of thiol groups is 1.